The van der Waals surface area contributed by atoms with Crippen molar-refractivity contribution in [1.82, 2.24) is 5.32 Å². The summed E-state index contributed by atoms with van der Waals surface area (Å²) in [6.45, 7) is 3.69. The number of amidine groups is 1. The van der Waals surface area contributed by atoms with Crippen molar-refractivity contribution in [3.8, 4) is 0 Å². The van der Waals surface area contributed by atoms with E-state index in [4.69, 9.17) is 0 Å². The number of aryl methyl sites for hydroxylation is 1. The van der Waals surface area contributed by atoms with Gasteiger partial charge in [-0.15, -0.1) is 12.4 Å². The van der Waals surface area contributed by atoms with Crippen LogP contribution in [-0.2, 0) is 4.79 Å². The van der Waals surface area contributed by atoms with E-state index in [0.29, 0.717) is 5.75 Å². The summed E-state index contributed by atoms with van der Waals surface area (Å²) in [7, 11) is 0. The number of amides is 1. The zero-order valence-corrected chi connectivity index (χ0v) is 11.7. The van der Waals surface area contributed by atoms with Gasteiger partial charge in [-0.25, -0.2) is 0 Å². The van der Waals surface area contributed by atoms with Crippen LogP contribution in [0.3, 0.4) is 0 Å². The summed E-state index contributed by atoms with van der Waals surface area (Å²) in [6, 6.07) is 7.77. The van der Waals surface area contributed by atoms with Gasteiger partial charge in [-0.1, -0.05) is 23.9 Å². The average molecular weight is 286 g/mol. The van der Waals surface area contributed by atoms with E-state index in [1.165, 1.54) is 11.8 Å². The van der Waals surface area contributed by atoms with Crippen LogP contribution in [0.2, 0.25) is 0 Å². The standard InChI is InChI=1S/C12H15N3OS.ClH/c1-9-3-2-4-10(7-9)15-11(16)8-17-12-13-5-6-14-12;/h2-4,7H,5-6,8H2,1H3,(H,13,14)(H,15,16);1H. The second-order valence-corrected chi connectivity index (χ2v) is 4.78. The van der Waals surface area contributed by atoms with E-state index in [1.807, 2.05) is 31.2 Å². The van der Waals surface area contributed by atoms with Crippen molar-refractivity contribution in [3.63, 3.8) is 0 Å². The molecule has 1 amide bonds. The summed E-state index contributed by atoms with van der Waals surface area (Å²) in [5.41, 5.74) is 1.98. The molecule has 0 spiro atoms. The van der Waals surface area contributed by atoms with Crippen molar-refractivity contribution in [3.05, 3.63) is 29.8 Å². The molecule has 0 saturated carbocycles. The minimum absolute atomic E-state index is 0. The first kappa shape index (κ1) is 14.9. The molecule has 0 unspecified atom stereocenters. The number of aliphatic imine (C=N–C) groups is 1. The molecule has 0 aliphatic carbocycles. The Hall–Kier alpha value is -1.20. The molecule has 18 heavy (non-hydrogen) atoms. The van der Waals surface area contributed by atoms with Crippen LogP contribution in [0.5, 0.6) is 0 Å². The maximum Gasteiger partial charge on any atom is 0.234 e. The van der Waals surface area contributed by atoms with Gasteiger partial charge in [0.15, 0.2) is 5.17 Å². The number of anilines is 1. The maximum absolute atomic E-state index is 11.7. The largest absolute Gasteiger partial charge is 0.363 e. The highest BCUT2D eigenvalue weighted by atomic mass is 35.5. The molecule has 1 heterocycles. The normalized spacial score (nSPS) is 13.3. The molecule has 6 heteroatoms. The number of hydrogen-bond donors (Lipinski definition) is 2. The maximum atomic E-state index is 11.7. The number of thioether (sulfide) groups is 1. The molecule has 0 fully saturated rings. The molecule has 0 bridgehead atoms. The van der Waals surface area contributed by atoms with E-state index in [2.05, 4.69) is 15.6 Å². The van der Waals surface area contributed by atoms with Crippen LogP contribution >= 0.6 is 24.2 Å². The number of hydrogen-bond acceptors (Lipinski definition) is 4. The Labute approximate surface area is 117 Å². The zero-order chi connectivity index (χ0) is 12.1. The van der Waals surface area contributed by atoms with Gasteiger partial charge in [0.2, 0.25) is 5.91 Å². The van der Waals surface area contributed by atoms with Gasteiger partial charge in [0.05, 0.1) is 12.3 Å². The van der Waals surface area contributed by atoms with Crippen molar-refractivity contribution in [2.75, 3.05) is 24.2 Å². The van der Waals surface area contributed by atoms with Crippen LogP contribution < -0.4 is 10.6 Å². The van der Waals surface area contributed by atoms with Crippen molar-refractivity contribution in [2.24, 2.45) is 4.99 Å². The third-order valence-electron chi connectivity index (χ3n) is 2.29. The highest BCUT2D eigenvalue weighted by Crippen LogP contribution is 2.11. The molecule has 1 aromatic rings. The van der Waals surface area contributed by atoms with Gasteiger partial charge in [0.25, 0.3) is 0 Å². The molecule has 1 aromatic carbocycles. The summed E-state index contributed by atoms with van der Waals surface area (Å²) >= 11 is 1.44. The quantitative estimate of drug-likeness (QED) is 0.894. The Kier molecular flexibility index (Phi) is 6.01. The number of nitrogens with one attached hydrogen (secondary N) is 2. The smallest absolute Gasteiger partial charge is 0.234 e. The second kappa shape index (κ2) is 7.28. The lowest BCUT2D eigenvalue weighted by atomic mass is 10.2. The van der Waals surface area contributed by atoms with Crippen LogP contribution in [0, 0.1) is 6.92 Å². The minimum Gasteiger partial charge on any atom is -0.363 e. The third-order valence-corrected chi connectivity index (χ3v) is 3.24. The van der Waals surface area contributed by atoms with Gasteiger partial charge in [-0.2, -0.15) is 0 Å². The van der Waals surface area contributed by atoms with Crippen molar-refractivity contribution in [1.29, 1.82) is 0 Å². The number of rotatable bonds is 3. The Morgan fingerprint density at radius 1 is 1.56 bits per heavy atom. The summed E-state index contributed by atoms with van der Waals surface area (Å²) in [5, 5.41) is 6.85. The number of nitrogens with zero attached hydrogens (tertiary/aromatic N) is 1. The van der Waals surface area contributed by atoms with E-state index in [1.54, 1.807) is 0 Å². The Bertz CT molecular complexity index is 451. The molecule has 2 N–H and O–H groups in total. The Balaban J connectivity index is 0.00000162. The fourth-order valence-electron chi connectivity index (χ4n) is 1.53. The first-order valence-electron chi connectivity index (χ1n) is 5.52. The van der Waals surface area contributed by atoms with Crippen LogP contribution in [0.25, 0.3) is 0 Å². The van der Waals surface area contributed by atoms with E-state index in [0.717, 1.165) is 29.5 Å². The lowest BCUT2D eigenvalue weighted by Gasteiger charge is -2.05. The lowest BCUT2D eigenvalue weighted by molar-refractivity contribution is -0.113. The number of carbonyl (C=O) groups excluding carboxylic acids is 1. The van der Waals surface area contributed by atoms with E-state index < -0.39 is 0 Å². The summed E-state index contributed by atoms with van der Waals surface area (Å²) < 4.78 is 0. The fraction of sp³-hybridized carbons (Fsp3) is 0.333. The molecule has 98 valence electrons. The van der Waals surface area contributed by atoms with Crippen LogP contribution in [0.15, 0.2) is 29.3 Å². The van der Waals surface area contributed by atoms with Gasteiger partial charge >= 0.3 is 0 Å². The average Bonchev–Trinajstić information content (AvgIpc) is 2.79. The van der Waals surface area contributed by atoms with Gasteiger partial charge in [-0.3, -0.25) is 9.79 Å². The lowest BCUT2D eigenvalue weighted by Crippen LogP contribution is -2.20. The summed E-state index contributed by atoms with van der Waals surface area (Å²) in [4.78, 5) is 15.9. The Morgan fingerprint density at radius 3 is 3.06 bits per heavy atom. The number of carbonyl (C=O) groups is 1. The van der Waals surface area contributed by atoms with Gasteiger partial charge < -0.3 is 10.6 Å². The molecule has 0 atom stereocenters. The fourth-order valence-corrected chi connectivity index (χ4v) is 2.25. The van der Waals surface area contributed by atoms with E-state index >= 15 is 0 Å². The molecule has 0 radical (unpaired) electrons. The predicted octanol–water partition coefficient (Wildman–Crippen LogP) is 2.05. The van der Waals surface area contributed by atoms with Gasteiger partial charge in [-0.05, 0) is 24.6 Å². The SMILES string of the molecule is Cc1cccc(NC(=O)CSC2=NCCN2)c1.Cl. The predicted molar refractivity (Wildman–Crippen MR) is 79.8 cm³/mol. The van der Waals surface area contributed by atoms with Gasteiger partial charge in [0.1, 0.15) is 0 Å². The zero-order valence-electron chi connectivity index (χ0n) is 10.1. The van der Waals surface area contributed by atoms with Crippen molar-refractivity contribution in [2.45, 2.75) is 6.92 Å². The number of halogens is 1. The molecule has 4 nitrogen and oxygen atoms in total. The summed E-state index contributed by atoms with van der Waals surface area (Å²) in [5.74, 6) is 0.386. The Morgan fingerprint density at radius 2 is 2.39 bits per heavy atom. The molecule has 1 aliphatic heterocycles. The van der Waals surface area contributed by atoms with E-state index in [9.17, 15) is 4.79 Å². The molecular formula is C12H16ClN3OS. The van der Waals surface area contributed by atoms with Crippen LogP contribution in [0.4, 0.5) is 5.69 Å². The third kappa shape index (κ3) is 4.58. The topological polar surface area (TPSA) is 53.5 Å². The minimum atomic E-state index is -0.00278. The summed E-state index contributed by atoms with van der Waals surface area (Å²) in [6.07, 6.45) is 0. The first-order valence-corrected chi connectivity index (χ1v) is 6.50. The first-order chi connectivity index (χ1) is 8.24. The van der Waals surface area contributed by atoms with Crippen LogP contribution in [0.1, 0.15) is 5.56 Å². The number of benzene rings is 1. The molecule has 0 saturated heterocycles. The van der Waals surface area contributed by atoms with E-state index in [-0.39, 0.29) is 18.3 Å². The highest BCUT2D eigenvalue weighted by Gasteiger charge is 2.09. The molecule has 0 aromatic heterocycles. The van der Waals surface area contributed by atoms with Crippen molar-refractivity contribution < 1.29 is 4.79 Å². The molecule has 2 rings (SSSR count). The van der Waals surface area contributed by atoms with Crippen LogP contribution in [-0.4, -0.2) is 29.9 Å². The molecular weight excluding hydrogens is 270 g/mol. The highest BCUT2D eigenvalue weighted by molar-refractivity contribution is 8.14. The monoisotopic (exact) mass is 285 g/mol. The molecule has 1 aliphatic rings. The second-order valence-electron chi connectivity index (χ2n) is 3.82. The van der Waals surface area contributed by atoms with Gasteiger partial charge in [0, 0.05) is 12.2 Å². The van der Waals surface area contributed by atoms with Crippen molar-refractivity contribution >= 4 is 40.9 Å².